The van der Waals surface area contributed by atoms with E-state index in [0.717, 1.165) is 39.6 Å². The molecule has 0 saturated heterocycles. The van der Waals surface area contributed by atoms with Gasteiger partial charge in [-0.2, -0.15) is 5.10 Å². The molecular weight excluding hydrogens is 380 g/mol. The largest absolute Gasteiger partial charge is 0.497 e. The molecule has 0 bridgehead atoms. The standard InChI is InChI=1S/C21H17ClN2O2S/c1-25-15-5-2-4-13(10-15)17-12-18-16-11-14(22)7-8-19(16)26-21(24(18)23-17)20-6-3-9-27-20/h2-11,18,21H,12H2,1H3. The molecule has 2 unspecified atom stereocenters. The molecule has 5 rings (SSSR count). The fourth-order valence-corrected chi connectivity index (χ4v) is 4.58. The number of benzene rings is 2. The number of methoxy groups -OCH3 is 1. The van der Waals surface area contributed by atoms with Crippen LogP contribution in [0.2, 0.25) is 5.02 Å². The van der Waals surface area contributed by atoms with Crippen LogP contribution in [0.15, 0.2) is 65.1 Å². The van der Waals surface area contributed by atoms with Crippen molar-refractivity contribution in [1.82, 2.24) is 5.01 Å². The zero-order valence-corrected chi connectivity index (χ0v) is 16.2. The lowest BCUT2D eigenvalue weighted by Gasteiger charge is -2.37. The Labute approximate surface area is 166 Å². The number of rotatable bonds is 3. The lowest BCUT2D eigenvalue weighted by atomic mass is 9.96. The molecule has 0 radical (unpaired) electrons. The third kappa shape index (κ3) is 2.87. The van der Waals surface area contributed by atoms with Gasteiger partial charge in [0.05, 0.1) is 23.7 Å². The minimum atomic E-state index is -0.230. The van der Waals surface area contributed by atoms with Gasteiger partial charge in [-0.1, -0.05) is 29.8 Å². The van der Waals surface area contributed by atoms with E-state index in [9.17, 15) is 0 Å². The molecule has 0 N–H and O–H groups in total. The summed E-state index contributed by atoms with van der Waals surface area (Å²) in [6.45, 7) is 0. The zero-order valence-electron chi connectivity index (χ0n) is 14.6. The van der Waals surface area contributed by atoms with Gasteiger partial charge in [0.15, 0.2) is 0 Å². The zero-order chi connectivity index (χ0) is 18.4. The van der Waals surface area contributed by atoms with Crippen LogP contribution in [0.4, 0.5) is 0 Å². The number of halogens is 1. The highest BCUT2D eigenvalue weighted by molar-refractivity contribution is 7.10. The Morgan fingerprint density at radius 1 is 1.19 bits per heavy atom. The van der Waals surface area contributed by atoms with E-state index in [2.05, 4.69) is 22.5 Å². The predicted octanol–water partition coefficient (Wildman–Crippen LogP) is 5.65. The molecule has 6 heteroatoms. The molecule has 2 aromatic carbocycles. The first-order valence-corrected chi connectivity index (χ1v) is 9.98. The van der Waals surface area contributed by atoms with Crippen LogP contribution in [-0.2, 0) is 0 Å². The summed E-state index contributed by atoms with van der Waals surface area (Å²) in [5.41, 5.74) is 3.17. The summed E-state index contributed by atoms with van der Waals surface area (Å²) < 4.78 is 11.7. The first-order valence-electron chi connectivity index (χ1n) is 8.72. The molecule has 2 aliphatic heterocycles. The van der Waals surface area contributed by atoms with Crippen LogP contribution in [0.3, 0.4) is 0 Å². The van der Waals surface area contributed by atoms with Gasteiger partial charge in [-0.3, -0.25) is 0 Å². The summed E-state index contributed by atoms with van der Waals surface area (Å²) in [5, 5.41) is 9.80. The first kappa shape index (κ1) is 16.7. The van der Waals surface area contributed by atoms with Gasteiger partial charge in [-0.15, -0.1) is 11.3 Å². The minimum absolute atomic E-state index is 0.0979. The van der Waals surface area contributed by atoms with Crippen molar-refractivity contribution in [2.45, 2.75) is 18.7 Å². The molecular formula is C21H17ClN2O2S. The van der Waals surface area contributed by atoms with Crippen molar-refractivity contribution in [2.75, 3.05) is 7.11 Å². The van der Waals surface area contributed by atoms with Gasteiger partial charge in [0.25, 0.3) is 0 Å². The summed E-state index contributed by atoms with van der Waals surface area (Å²) >= 11 is 7.95. The van der Waals surface area contributed by atoms with Gasteiger partial charge in [-0.05, 0) is 41.8 Å². The molecule has 4 nitrogen and oxygen atoms in total. The van der Waals surface area contributed by atoms with Crippen LogP contribution in [-0.4, -0.2) is 17.8 Å². The van der Waals surface area contributed by atoms with Crippen molar-refractivity contribution in [3.05, 3.63) is 81.0 Å². The van der Waals surface area contributed by atoms with Crippen molar-refractivity contribution in [3.63, 3.8) is 0 Å². The highest BCUT2D eigenvalue weighted by atomic mass is 35.5. The Hall–Kier alpha value is -2.50. The van der Waals surface area contributed by atoms with Crippen molar-refractivity contribution < 1.29 is 9.47 Å². The molecule has 2 atom stereocenters. The molecule has 1 aromatic heterocycles. The highest BCUT2D eigenvalue weighted by Gasteiger charge is 2.41. The lowest BCUT2D eigenvalue weighted by Crippen LogP contribution is -2.33. The van der Waals surface area contributed by atoms with Crippen molar-refractivity contribution in [3.8, 4) is 11.5 Å². The summed E-state index contributed by atoms with van der Waals surface area (Å²) in [7, 11) is 1.68. The topological polar surface area (TPSA) is 34.1 Å². The molecule has 2 aliphatic rings. The number of nitrogens with zero attached hydrogens (tertiary/aromatic N) is 2. The van der Waals surface area contributed by atoms with Crippen molar-refractivity contribution in [1.29, 1.82) is 0 Å². The maximum absolute atomic E-state index is 6.32. The van der Waals surface area contributed by atoms with Gasteiger partial charge >= 0.3 is 0 Å². The van der Waals surface area contributed by atoms with Crippen LogP contribution in [0.1, 0.15) is 34.7 Å². The van der Waals surface area contributed by atoms with E-state index < -0.39 is 0 Å². The Morgan fingerprint density at radius 3 is 2.93 bits per heavy atom. The number of ether oxygens (including phenoxy) is 2. The third-order valence-corrected chi connectivity index (χ3v) is 6.08. The van der Waals surface area contributed by atoms with Crippen LogP contribution in [0.5, 0.6) is 11.5 Å². The molecule has 0 aliphatic carbocycles. The molecule has 27 heavy (non-hydrogen) atoms. The van der Waals surface area contributed by atoms with E-state index in [1.807, 2.05) is 42.5 Å². The molecule has 0 amide bonds. The maximum Gasteiger partial charge on any atom is 0.222 e. The third-order valence-electron chi connectivity index (χ3n) is 4.94. The number of fused-ring (bicyclic) bond motifs is 3. The molecule has 0 spiro atoms. The van der Waals surface area contributed by atoms with Gasteiger partial charge in [-0.25, -0.2) is 5.01 Å². The van der Waals surface area contributed by atoms with Gasteiger partial charge in [0.2, 0.25) is 6.23 Å². The maximum atomic E-state index is 6.32. The smallest absolute Gasteiger partial charge is 0.222 e. The van der Waals surface area contributed by atoms with Crippen LogP contribution >= 0.6 is 22.9 Å². The Balaban J connectivity index is 1.59. The van der Waals surface area contributed by atoms with Crippen LogP contribution < -0.4 is 9.47 Å². The summed E-state index contributed by atoms with van der Waals surface area (Å²) in [4.78, 5) is 1.14. The monoisotopic (exact) mass is 396 g/mol. The normalized spacial score (nSPS) is 20.5. The number of hydrazone groups is 1. The molecule has 0 saturated carbocycles. The second-order valence-electron chi connectivity index (χ2n) is 6.55. The molecule has 136 valence electrons. The quantitative estimate of drug-likeness (QED) is 0.573. The number of hydrogen-bond acceptors (Lipinski definition) is 5. The van der Waals surface area contributed by atoms with E-state index in [0.29, 0.717) is 5.02 Å². The van der Waals surface area contributed by atoms with Crippen molar-refractivity contribution >= 4 is 28.6 Å². The SMILES string of the molecule is COc1cccc(C2=NN3C(C2)c2cc(Cl)ccc2OC3c2cccs2)c1. The molecule has 3 heterocycles. The Bertz CT molecular complexity index is 1020. The summed E-state index contributed by atoms with van der Waals surface area (Å²) in [6, 6.07) is 18.1. The first-order chi connectivity index (χ1) is 13.2. The predicted molar refractivity (Wildman–Crippen MR) is 108 cm³/mol. The van der Waals surface area contributed by atoms with Gasteiger partial charge < -0.3 is 9.47 Å². The average molecular weight is 397 g/mol. The van der Waals surface area contributed by atoms with Gasteiger partial charge in [0, 0.05) is 22.6 Å². The summed E-state index contributed by atoms with van der Waals surface area (Å²) in [6.07, 6.45) is 0.568. The number of hydrogen-bond donors (Lipinski definition) is 0. The molecule has 3 aromatic rings. The Morgan fingerprint density at radius 2 is 2.11 bits per heavy atom. The fraction of sp³-hybridized carbons (Fsp3) is 0.190. The fourth-order valence-electron chi connectivity index (χ4n) is 3.65. The van der Waals surface area contributed by atoms with Crippen LogP contribution in [0, 0.1) is 0 Å². The second kappa shape index (κ2) is 6.59. The van der Waals surface area contributed by atoms with E-state index in [4.69, 9.17) is 26.2 Å². The second-order valence-corrected chi connectivity index (χ2v) is 7.96. The van der Waals surface area contributed by atoms with E-state index in [1.54, 1.807) is 18.4 Å². The van der Waals surface area contributed by atoms with Crippen molar-refractivity contribution in [2.24, 2.45) is 5.10 Å². The van der Waals surface area contributed by atoms with E-state index in [-0.39, 0.29) is 12.3 Å². The summed E-state index contributed by atoms with van der Waals surface area (Å²) in [5.74, 6) is 1.70. The highest BCUT2D eigenvalue weighted by Crippen LogP contribution is 2.48. The number of thiophene rings is 1. The lowest BCUT2D eigenvalue weighted by molar-refractivity contribution is -0.0165. The minimum Gasteiger partial charge on any atom is -0.497 e. The van der Waals surface area contributed by atoms with E-state index >= 15 is 0 Å². The average Bonchev–Trinajstić information content (AvgIpc) is 3.38. The Kier molecular flexibility index (Phi) is 4.06. The van der Waals surface area contributed by atoms with Crippen LogP contribution in [0.25, 0.3) is 0 Å². The van der Waals surface area contributed by atoms with Gasteiger partial charge in [0.1, 0.15) is 11.5 Å². The van der Waals surface area contributed by atoms with E-state index in [1.165, 1.54) is 0 Å². The molecule has 0 fully saturated rings.